The van der Waals surface area contributed by atoms with Crippen molar-refractivity contribution in [2.24, 2.45) is 0 Å². The highest BCUT2D eigenvalue weighted by atomic mass is 35.5. The smallest absolute Gasteiger partial charge is 0.120 e. The molecule has 1 atom stereocenters. The predicted molar refractivity (Wildman–Crippen MR) is 107 cm³/mol. The van der Waals surface area contributed by atoms with Crippen LogP contribution in [-0.4, -0.2) is 42.9 Å². The van der Waals surface area contributed by atoms with Crippen molar-refractivity contribution in [2.75, 3.05) is 32.5 Å². The second-order valence-electron chi connectivity index (χ2n) is 7.68. The number of aliphatic hydroxyl groups excluding tert-OH is 1. The van der Waals surface area contributed by atoms with Crippen LogP contribution in [0, 0.1) is 20.8 Å². The molecule has 0 bridgehead atoms. The molecule has 5 heteroatoms. The lowest BCUT2D eigenvalue weighted by Gasteiger charge is -2.32. The van der Waals surface area contributed by atoms with E-state index in [9.17, 15) is 5.11 Å². The van der Waals surface area contributed by atoms with E-state index in [2.05, 4.69) is 52.3 Å². The summed E-state index contributed by atoms with van der Waals surface area (Å²) in [6.07, 6.45) is -0.433. The zero-order valence-electron chi connectivity index (χ0n) is 16.3. The molecule has 0 heterocycles. The Labute approximate surface area is 169 Å². The van der Waals surface area contributed by atoms with Crippen LogP contribution in [0.4, 0.5) is 5.69 Å². The predicted octanol–water partition coefficient (Wildman–Crippen LogP) is 1.32. The van der Waals surface area contributed by atoms with Gasteiger partial charge in [0.15, 0.2) is 0 Å². The minimum absolute atomic E-state index is 0. The van der Waals surface area contributed by atoms with E-state index in [0.29, 0.717) is 17.6 Å². The Morgan fingerprint density at radius 1 is 1.08 bits per heavy atom. The molecule has 26 heavy (non-hydrogen) atoms. The number of quaternary nitrogens is 1. The van der Waals surface area contributed by atoms with E-state index < -0.39 is 6.10 Å². The maximum Gasteiger partial charge on any atom is 0.120 e. The summed E-state index contributed by atoms with van der Waals surface area (Å²) >= 11 is 6.27. The molecule has 3 nitrogen and oxygen atoms in total. The zero-order chi connectivity index (χ0) is 18.6. The number of aryl methyl sites for hydroxylation is 3. The van der Waals surface area contributed by atoms with E-state index in [-0.39, 0.29) is 12.4 Å². The van der Waals surface area contributed by atoms with Gasteiger partial charge in [0.1, 0.15) is 19.2 Å². The van der Waals surface area contributed by atoms with Gasteiger partial charge in [0.25, 0.3) is 0 Å². The van der Waals surface area contributed by atoms with Crippen molar-refractivity contribution in [3.05, 3.63) is 63.7 Å². The van der Waals surface area contributed by atoms with Crippen molar-refractivity contribution in [1.29, 1.82) is 0 Å². The molecule has 0 radical (unpaired) electrons. The van der Waals surface area contributed by atoms with Gasteiger partial charge in [-0.15, -0.1) is 0 Å². The highest BCUT2D eigenvalue weighted by Gasteiger charge is 2.22. The average Bonchev–Trinajstić information content (AvgIpc) is 2.47. The zero-order valence-corrected chi connectivity index (χ0v) is 17.8. The first kappa shape index (κ1) is 22.8. The minimum atomic E-state index is -0.433. The van der Waals surface area contributed by atoms with Crippen LogP contribution in [-0.2, 0) is 6.54 Å². The molecular weight excluding hydrogens is 367 g/mol. The van der Waals surface area contributed by atoms with Crippen molar-refractivity contribution in [3.63, 3.8) is 0 Å². The number of nitrogens with zero attached hydrogens (tertiary/aromatic N) is 1. The van der Waals surface area contributed by atoms with E-state index >= 15 is 0 Å². The molecule has 1 unspecified atom stereocenters. The molecule has 0 saturated heterocycles. The Kier molecular flexibility index (Phi) is 8.42. The quantitative estimate of drug-likeness (QED) is 0.691. The van der Waals surface area contributed by atoms with Gasteiger partial charge in [-0.05, 0) is 38.0 Å². The van der Waals surface area contributed by atoms with Crippen molar-refractivity contribution in [2.45, 2.75) is 33.4 Å². The van der Waals surface area contributed by atoms with Crippen molar-refractivity contribution < 1.29 is 22.0 Å². The minimum Gasteiger partial charge on any atom is -1.00 e. The first-order chi connectivity index (χ1) is 11.7. The van der Waals surface area contributed by atoms with Crippen molar-refractivity contribution >= 4 is 17.3 Å². The Morgan fingerprint density at radius 3 is 2.23 bits per heavy atom. The summed E-state index contributed by atoms with van der Waals surface area (Å²) in [5, 5.41) is 14.7. The van der Waals surface area contributed by atoms with Gasteiger partial charge in [0.2, 0.25) is 0 Å². The lowest BCUT2D eigenvalue weighted by molar-refractivity contribution is -0.906. The molecule has 0 aliphatic rings. The van der Waals surface area contributed by atoms with Crippen LogP contribution in [0.1, 0.15) is 22.3 Å². The molecule has 0 aromatic heterocycles. The number of nitrogens with one attached hydrogen (secondary N) is 1. The number of hydrogen-bond donors (Lipinski definition) is 2. The van der Waals surface area contributed by atoms with E-state index in [0.717, 1.165) is 22.8 Å². The van der Waals surface area contributed by atoms with Gasteiger partial charge in [-0.1, -0.05) is 47.5 Å². The van der Waals surface area contributed by atoms with Crippen LogP contribution in [0.3, 0.4) is 0 Å². The largest absolute Gasteiger partial charge is 1.00 e. The van der Waals surface area contributed by atoms with Crippen LogP contribution in [0.2, 0.25) is 5.02 Å². The Morgan fingerprint density at radius 2 is 1.65 bits per heavy atom. The number of aliphatic hydroxyl groups is 1. The van der Waals surface area contributed by atoms with Gasteiger partial charge < -0.3 is 27.3 Å². The third-order valence-corrected chi connectivity index (χ3v) is 4.82. The Hall–Kier alpha value is -1.26. The standard InChI is InChI=1S/C21H30ClN2O.ClH/c1-15-10-16(2)21(17(3)11-15)23-12-19(25)14-24(4,5)13-18-8-6-7-9-20(18)22;/h6-11,19,23,25H,12-14H2,1-5H3;1H/q+1;/p-1. The molecular formula is C21H30Cl2N2O. The van der Waals surface area contributed by atoms with E-state index in [4.69, 9.17) is 11.6 Å². The third-order valence-electron chi connectivity index (χ3n) is 4.45. The molecule has 2 N–H and O–H groups in total. The van der Waals surface area contributed by atoms with Crippen LogP contribution in [0.5, 0.6) is 0 Å². The molecule has 2 aromatic rings. The van der Waals surface area contributed by atoms with Crippen LogP contribution in [0.15, 0.2) is 36.4 Å². The van der Waals surface area contributed by atoms with E-state index in [1.807, 2.05) is 24.3 Å². The van der Waals surface area contributed by atoms with Crippen molar-refractivity contribution in [1.82, 2.24) is 0 Å². The highest BCUT2D eigenvalue weighted by Crippen LogP contribution is 2.22. The number of likely N-dealkylation sites (N-methyl/N-ethyl adjacent to an activating group) is 1. The molecule has 0 amide bonds. The molecule has 2 rings (SSSR count). The fourth-order valence-corrected chi connectivity index (χ4v) is 3.66. The third kappa shape index (κ3) is 6.48. The van der Waals surface area contributed by atoms with Crippen LogP contribution < -0.4 is 17.7 Å². The van der Waals surface area contributed by atoms with Gasteiger partial charge in [-0.2, -0.15) is 0 Å². The SMILES string of the molecule is Cc1cc(C)c(NCC(O)C[N+](C)(C)Cc2ccccc2Cl)c(C)c1.[Cl-]. The summed E-state index contributed by atoms with van der Waals surface area (Å²) in [6.45, 7) is 8.29. The topological polar surface area (TPSA) is 32.3 Å². The Bertz CT molecular complexity index is 709. The molecule has 0 fully saturated rings. The maximum absolute atomic E-state index is 10.5. The monoisotopic (exact) mass is 396 g/mol. The first-order valence-electron chi connectivity index (χ1n) is 8.73. The van der Waals surface area contributed by atoms with Gasteiger partial charge in [0.05, 0.1) is 14.1 Å². The summed E-state index contributed by atoms with van der Waals surface area (Å²) in [4.78, 5) is 0. The number of rotatable bonds is 7. The molecule has 0 spiro atoms. The first-order valence-corrected chi connectivity index (χ1v) is 9.11. The lowest BCUT2D eigenvalue weighted by atomic mass is 10.0. The van der Waals surface area contributed by atoms with Gasteiger partial charge >= 0.3 is 0 Å². The Balaban J connectivity index is 0.00000338. The normalized spacial score (nSPS) is 12.4. The van der Waals surface area contributed by atoms with Crippen molar-refractivity contribution in [3.8, 4) is 0 Å². The van der Waals surface area contributed by atoms with Gasteiger partial charge in [0, 0.05) is 22.8 Å². The van der Waals surface area contributed by atoms with E-state index in [1.54, 1.807) is 0 Å². The summed E-state index contributed by atoms with van der Waals surface area (Å²) < 4.78 is 0.679. The fraction of sp³-hybridized carbons (Fsp3) is 0.429. The molecule has 144 valence electrons. The number of hydrogen-bond acceptors (Lipinski definition) is 2. The maximum atomic E-state index is 10.5. The summed E-state index contributed by atoms with van der Waals surface area (Å²) in [5.74, 6) is 0. The van der Waals surface area contributed by atoms with E-state index in [1.165, 1.54) is 16.7 Å². The average molecular weight is 397 g/mol. The van der Waals surface area contributed by atoms with Crippen LogP contribution >= 0.6 is 11.6 Å². The molecule has 0 aliphatic heterocycles. The summed E-state index contributed by atoms with van der Waals surface area (Å²) in [7, 11) is 4.24. The van der Waals surface area contributed by atoms with Crippen LogP contribution in [0.25, 0.3) is 0 Å². The number of benzene rings is 2. The number of anilines is 1. The summed E-state index contributed by atoms with van der Waals surface area (Å²) in [6, 6.07) is 12.2. The lowest BCUT2D eigenvalue weighted by Crippen LogP contribution is -3.00. The molecule has 0 saturated carbocycles. The molecule has 0 aliphatic carbocycles. The second kappa shape index (κ2) is 9.61. The molecule has 2 aromatic carbocycles. The fourth-order valence-electron chi connectivity index (χ4n) is 3.47. The second-order valence-corrected chi connectivity index (χ2v) is 8.08. The van der Waals surface area contributed by atoms with Gasteiger partial charge in [-0.25, -0.2) is 0 Å². The summed E-state index contributed by atoms with van der Waals surface area (Å²) in [5.41, 5.74) is 5.93. The van der Waals surface area contributed by atoms with Gasteiger partial charge in [-0.3, -0.25) is 0 Å². The highest BCUT2D eigenvalue weighted by molar-refractivity contribution is 6.31. The number of halogens is 2.